The molecule has 1 aromatic carbocycles. The van der Waals surface area contributed by atoms with Crippen molar-refractivity contribution in [1.82, 2.24) is 5.32 Å². The van der Waals surface area contributed by atoms with Gasteiger partial charge in [0.05, 0.1) is 11.9 Å². The summed E-state index contributed by atoms with van der Waals surface area (Å²) in [5.74, 6) is -2.18. The quantitative estimate of drug-likeness (QED) is 0.842. The maximum atomic E-state index is 13.7. The fourth-order valence-corrected chi connectivity index (χ4v) is 1.89. The fraction of sp³-hybridized carbons (Fsp3) is 0.467. The van der Waals surface area contributed by atoms with Crippen LogP contribution in [0.15, 0.2) is 18.2 Å². The van der Waals surface area contributed by atoms with Crippen LogP contribution < -0.4 is 5.32 Å². The molecule has 0 fully saturated rings. The van der Waals surface area contributed by atoms with Crippen molar-refractivity contribution in [3.05, 3.63) is 35.4 Å². The van der Waals surface area contributed by atoms with Crippen LogP contribution in [-0.2, 0) is 16.0 Å². The van der Waals surface area contributed by atoms with Crippen LogP contribution in [-0.4, -0.2) is 29.4 Å². The number of ether oxygens (including phenoxy) is 1. The minimum absolute atomic E-state index is 0.0282. The summed E-state index contributed by atoms with van der Waals surface area (Å²) < 4.78 is 31.9. The van der Waals surface area contributed by atoms with Crippen molar-refractivity contribution < 1.29 is 23.1 Å². The molecule has 1 atom stereocenters. The van der Waals surface area contributed by atoms with Crippen molar-refractivity contribution in [3.8, 4) is 0 Å². The number of rotatable bonds is 5. The molecule has 1 aromatic rings. The summed E-state index contributed by atoms with van der Waals surface area (Å²) in [5, 5.41) is 2.34. The molecule has 0 saturated heterocycles. The van der Waals surface area contributed by atoms with Crippen molar-refractivity contribution >= 4 is 23.5 Å². The van der Waals surface area contributed by atoms with Crippen LogP contribution in [0.3, 0.4) is 0 Å². The lowest BCUT2D eigenvalue weighted by Gasteiger charge is -2.23. The summed E-state index contributed by atoms with van der Waals surface area (Å²) in [6.45, 7) is 4.99. The number of alkyl halides is 1. The summed E-state index contributed by atoms with van der Waals surface area (Å²) >= 11 is 5.49. The summed E-state index contributed by atoms with van der Waals surface area (Å²) in [7, 11) is 0. The summed E-state index contributed by atoms with van der Waals surface area (Å²) in [6, 6.07) is 1.81. The van der Waals surface area contributed by atoms with Gasteiger partial charge in [-0.25, -0.2) is 13.6 Å². The minimum Gasteiger partial charge on any atom is -0.444 e. The van der Waals surface area contributed by atoms with Crippen LogP contribution in [0.5, 0.6) is 0 Å². The van der Waals surface area contributed by atoms with Gasteiger partial charge in [-0.2, -0.15) is 0 Å². The molecule has 0 aliphatic rings. The van der Waals surface area contributed by atoms with Crippen LogP contribution in [0.4, 0.5) is 13.6 Å². The van der Waals surface area contributed by atoms with Crippen molar-refractivity contribution in [2.24, 2.45) is 0 Å². The first-order valence-corrected chi connectivity index (χ1v) is 7.18. The first kappa shape index (κ1) is 18.4. The Morgan fingerprint density at radius 3 is 2.50 bits per heavy atom. The van der Waals surface area contributed by atoms with E-state index in [9.17, 15) is 18.4 Å². The van der Waals surface area contributed by atoms with E-state index in [1.165, 1.54) is 0 Å². The molecule has 22 heavy (non-hydrogen) atoms. The summed E-state index contributed by atoms with van der Waals surface area (Å²) in [4.78, 5) is 23.5. The van der Waals surface area contributed by atoms with E-state index in [2.05, 4.69) is 5.32 Å². The highest BCUT2D eigenvalue weighted by molar-refractivity contribution is 6.28. The molecule has 4 nitrogen and oxygen atoms in total. The Balaban J connectivity index is 2.87. The van der Waals surface area contributed by atoms with E-state index in [1.807, 2.05) is 0 Å². The zero-order valence-corrected chi connectivity index (χ0v) is 13.3. The van der Waals surface area contributed by atoms with Crippen LogP contribution in [0.2, 0.25) is 0 Å². The van der Waals surface area contributed by atoms with Gasteiger partial charge in [0.2, 0.25) is 0 Å². The van der Waals surface area contributed by atoms with Crippen molar-refractivity contribution in [2.45, 2.75) is 38.8 Å². The highest BCUT2D eigenvalue weighted by Gasteiger charge is 2.25. The Morgan fingerprint density at radius 1 is 1.32 bits per heavy atom. The molecule has 1 unspecified atom stereocenters. The zero-order chi connectivity index (χ0) is 16.9. The molecule has 122 valence electrons. The standard InChI is InChI=1S/C15H18ClF2NO3/c1-15(2,3)22-14(21)19-12(13(20)8-16)7-9-6-10(17)4-5-11(9)18/h4-6,12H,7-8H2,1-3H3,(H,19,21). The number of hydrogen-bond donors (Lipinski definition) is 1. The number of halogens is 3. The van der Waals surface area contributed by atoms with E-state index in [4.69, 9.17) is 16.3 Å². The Kier molecular flexibility index (Phi) is 6.29. The molecule has 0 heterocycles. The largest absolute Gasteiger partial charge is 0.444 e. The second kappa shape index (κ2) is 7.54. The zero-order valence-electron chi connectivity index (χ0n) is 12.6. The highest BCUT2D eigenvalue weighted by atomic mass is 35.5. The maximum Gasteiger partial charge on any atom is 0.408 e. The second-order valence-corrected chi connectivity index (χ2v) is 6.01. The Bertz CT molecular complexity index is 558. The van der Waals surface area contributed by atoms with Crippen LogP contribution in [0.25, 0.3) is 0 Å². The number of ketones is 1. The fourth-order valence-electron chi connectivity index (χ4n) is 1.71. The molecule has 1 N–H and O–H groups in total. The van der Waals surface area contributed by atoms with Gasteiger partial charge in [0.25, 0.3) is 0 Å². The number of amides is 1. The number of hydrogen-bond acceptors (Lipinski definition) is 3. The molecule has 0 spiro atoms. The predicted molar refractivity (Wildman–Crippen MR) is 78.9 cm³/mol. The Morgan fingerprint density at radius 2 is 1.95 bits per heavy atom. The predicted octanol–water partition coefficient (Wildman–Crippen LogP) is 3.21. The molecule has 0 aromatic heterocycles. The van der Waals surface area contributed by atoms with Gasteiger partial charge in [-0.3, -0.25) is 4.79 Å². The number of alkyl carbamates (subject to hydrolysis) is 1. The third-order valence-corrected chi connectivity index (χ3v) is 2.91. The van der Waals surface area contributed by atoms with Gasteiger partial charge in [-0.15, -0.1) is 11.6 Å². The van der Waals surface area contributed by atoms with Gasteiger partial charge in [0.15, 0.2) is 5.78 Å². The van der Waals surface area contributed by atoms with E-state index in [-0.39, 0.29) is 17.9 Å². The average Bonchev–Trinajstić information content (AvgIpc) is 2.39. The summed E-state index contributed by atoms with van der Waals surface area (Å²) in [6.07, 6.45) is -1.04. The van der Waals surface area contributed by atoms with E-state index in [0.29, 0.717) is 0 Å². The summed E-state index contributed by atoms with van der Waals surface area (Å²) in [5.41, 5.74) is -0.775. The van der Waals surface area contributed by atoms with Gasteiger partial charge >= 0.3 is 6.09 Å². The molecule has 0 aliphatic carbocycles. The first-order chi connectivity index (χ1) is 10.1. The highest BCUT2D eigenvalue weighted by Crippen LogP contribution is 2.14. The van der Waals surface area contributed by atoms with Gasteiger partial charge < -0.3 is 10.1 Å². The van der Waals surface area contributed by atoms with E-state index < -0.39 is 35.2 Å². The van der Waals surface area contributed by atoms with Crippen LogP contribution in [0, 0.1) is 11.6 Å². The number of carbonyl (C=O) groups is 2. The van der Waals surface area contributed by atoms with E-state index >= 15 is 0 Å². The molecule has 1 rings (SSSR count). The lowest BCUT2D eigenvalue weighted by atomic mass is 10.0. The smallest absolute Gasteiger partial charge is 0.408 e. The normalized spacial score (nSPS) is 12.6. The second-order valence-electron chi connectivity index (χ2n) is 5.74. The van der Waals surface area contributed by atoms with Crippen molar-refractivity contribution in [2.75, 3.05) is 5.88 Å². The molecule has 0 radical (unpaired) electrons. The molecule has 7 heteroatoms. The Hall–Kier alpha value is -1.69. The van der Waals surface area contributed by atoms with Gasteiger partial charge in [-0.05, 0) is 44.5 Å². The van der Waals surface area contributed by atoms with Crippen LogP contribution >= 0.6 is 11.6 Å². The molecule has 0 saturated carbocycles. The number of Topliss-reactive ketones (excluding diaryl/α,β-unsaturated/α-hetero) is 1. The third kappa shape index (κ3) is 5.97. The first-order valence-electron chi connectivity index (χ1n) is 6.64. The topological polar surface area (TPSA) is 55.4 Å². The average molecular weight is 334 g/mol. The third-order valence-electron chi connectivity index (χ3n) is 2.64. The maximum absolute atomic E-state index is 13.7. The van der Waals surface area contributed by atoms with Gasteiger partial charge in [0, 0.05) is 6.42 Å². The van der Waals surface area contributed by atoms with E-state index in [1.54, 1.807) is 20.8 Å². The minimum atomic E-state index is -1.09. The lowest BCUT2D eigenvalue weighted by Crippen LogP contribution is -2.45. The Labute approximate surface area is 132 Å². The molecule has 0 aliphatic heterocycles. The van der Waals surface area contributed by atoms with Crippen molar-refractivity contribution in [1.29, 1.82) is 0 Å². The number of benzene rings is 1. The molecule has 0 bridgehead atoms. The molecular formula is C15H18ClF2NO3. The number of carbonyl (C=O) groups excluding carboxylic acids is 2. The molecular weight excluding hydrogens is 316 g/mol. The van der Waals surface area contributed by atoms with Crippen molar-refractivity contribution in [3.63, 3.8) is 0 Å². The van der Waals surface area contributed by atoms with E-state index in [0.717, 1.165) is 18.2 Å². The van der Waals surface area contributed by atoms with Gasteiger partial charge in [0.1, 0.15) is 17.2 Å². The molecule has 1 amide bonds. The SMILES string of the molecule is CC(C)(C)OC(=O)NC(Cc1cc(F)ccc1F)C(=O)CCl. The lowest BCUT2D eigenvalue weighted by molar-refractivity contribution is -0.118. The monoisotopic (exact) mass is 333 g/mol. The van der Waals surface area contributed by atoms with Gasteiger partial charge in [-0.1, -0.05) is 0 Å². The van der Waals surface area contributed by atoms with Crippen LogP contribution in [0.1, 0.15) is 26.3 Å². The number of nitrogens with one attached hydrogen (secondary N) is 1.